The molecule has 0 unspecified atom stereocenters. The van der Waals surface area contributed by atoms with Crippen LogP contribution in [0.15, 0.2) is 18.2 Å². The summed E-state index contributed by atoms with van der Waals surface area (Å²) >= 11 is 0. The lowest BCUT2D eigenvalue weighted by Crippen LogP contribution is -2.35. The summed E-state index contributed by atoms with van der Waals surface area (Å²) in [5, 5.41) is 3.56. The molecule has 0 atom stereocenters. The van der Waals surface area contributed by atoms with E-state index in [2.05, 4.69) is 56.1 Å². The van der Waals surface area contributed by atoms with Gasteiger partial charge in [-0.15, -0.1) is 0 Å². The van der Waals surface area contributed by atoms with Crippen molar-refractivity contribution in [1.29, 1.82) is 0 Å². The van der Waals surface area contributed by atoms with Crippen LogP contribution in [0.1, 0.15) is 51.2 Å². The Bertz CT molecular complexity index is 412. The molecule has 1 N–H and O–H groups in total. The van der Waals surface area contributed by atoms with Crippen LogP contribution in [0.5, 0.6) is 0 Å². The number of hydrogen-bond acceptors (Lipinski definition) is 2. The van der Waals surface area contributed by atoms with Gasteiger partial charge in [0.05, 0.1) is 0 Å². The Morgan fingerprint density at radius 3 is 2.37 bits per heavy atom. The highest BCUT2D eigenvalue weighted by atomic mass is 15.1. The minimum Gasteiger partial charge on any atom is -0.372 e. The van der Waals surface area contributed by atoms with Gasteiger partial charge in [0.2, 0.25) is 0 Å². The van der Waals surface area contributed by atoms with Gasteiger partial charge in [-0.3, -0.25) is 0 Å². The van der Waals surface area contributed by atoms with E-state index in [1.165, 1.54) is 49.2 Å². The summed E-state index contributed by atoms with van der Waals surface area (Å²) in [7, 11) is 0. The number of anilines is 1. The zero-order chi connectivity index (χ0) is 13.9. The largest absolute Gasteiger partial charge is 0.372 e. The molecule has 2 rings (SSSR count). The summed E-state index contributed by atoms with van der Waals surface area (Å²) < 4.78 is 0. The molecule has 2 heteroatoms. The first-order valence-corrected chi connectivity index (χ1v) is 7.55. The van der Waals surface area contributed by atoms with E-state index in [1.54, 1.807) is 0 Å². The molecule has 19 heavy (non-hydrogen) atoms. The number of rotatable bonds is 3. The zero-order valence-electron chi connectivity index (χ0n) is 12.9. The van der Waals surface area contributed by atoms with Gasteiger partial charge < -0.3 is 10.2 Å². The molecule has 0 spiro atoms. The molecule has 2 nitrogen and oxygen atoms in total. The van der Waals surface area contributed by atoms with Crippen molar-refractivity contribution in [2.75, 3.05) is 18.0 Å². The Morgan fingerprint density at radius 2 is 1.79 bits per heavy atom. The first-order chi connectivity index (χ1) is 8.96. The second kappa shape index (κ2) is 5.96. The number of aryl methyl sites for hydroxylation is 1. The van der Waals surface area contributed by atoms with Crippen molar-refractivity contribution in [3.63, 3.8) is 0 Å². The number of hydrogen-bond donors (Lipinski definition) is 1. The fourth-order valence-corrected chi connectivity index (χ4v) is 2.59. The molecule has 0 aliphatic carbocycles. The lowest BCUT2D eigenvalue weighted by atomic mass is 10.0. The summed E-state index contributed by atoms with van der Waals surface area (Å²) in [6, 6.07) is 6.93. The second-order valence-electron chi connectivity index (χ2n) is 6.76. The molecule has 0 aromatic heterocycles. The standard InChI is InChI=1S/C17H28N2/c1-14-12-16(19-10-6-5-7-11-19)9-8-15(14)13-18-17(2,3)4/h8-9,12,18H,5-7,10-11,13H2,1-4H3. The molecule has 1 saturated heterocycles. The quantitative estimate of drug-likeness (QED) is 0.887. The molecular weight excluding hydrogens is 232 g/mol. The van der Waals surface area contributed by atoms with Gasteiger partial charge >= 0.3 is 0 Å². The van der Waals surface area contributed by atoms with Crippen LogP contribution in [0.25, 0.3) is 0 Å². The third-order valence-electron chi connectivity index (χ3n) is 3.86. The van der Waals surface area contributed by atoms with Crippen molar-refractivity contribution in [3.05, 3.63) is 29.3 Å². The Kier molecular flexibility index (Phi) is 4.51. The molecule has 1 aliphatic rings. The van der Waals surface area contributed by atoms with E-state index in [4.69, 9.17) is 0 Å². The van der Waals surface area contributed by atoms with Crippen LogP contribution in [0.2, 0.25) is 0 Å². The molecule has 1 aromatic rings. The normalized spacial score (nSPS) is 16.7. The average Bonchev–Trinajstić information content (AvgIpc) is 2.37. The molecule has 1 heterocycles. The Labute approximate surface area is 118 Å². The van der Waals surface area contributed by atoms with Gasteiger partial charge in [0.25, 0.3) is 0 Å². The van der Waals surface area contributed by atoms with Crippen LogP contribution in [-0.4, -0.2) is 18.6 Å². The third kappa shape index (κ3) is 4.24. The summed E-state index contributed by atoms with van der Waals surface area (Å²) in [5.74, 6) is 0. The lowest BCUT2D eigenvalue weighted by Gasteiger charge is -2.29. The van der Waals surface area contributed by atoms with Gasteiger partial charge in [0.15, 0.2) is 0 Å². The maximum Gasteiger partial charge on any atom is 0.0369 e. The van der Waals surface area contributed by atoms with Gasteiger partial charge in [0.1, 0.15) is 0 Å². The number of piperidine rings is 1. The van der Waals surface area contributed by atoms with Crippen molar-refractivity contribution in [3.8, 4) is 0 Å². The fourth-order valence-electron chi connectivity index (χ4n) is 2.59. The predicted molar refractivity (Wildman–Crippen MR) is 83.8 cm³/mol. The predicted octanol–water partition coefficient (Wildman–Crippen LogP) is 3.87. The molecular formula is C17H28N2. The second-order valence-corrected chi connectivity index (χ2v) is 6.76. The van der Waals surface area contributed by atoms with E-state index >= 15 is 0 Å². The van der Waals surface area contributed by atoms with E-state index in [0.29, 0.717) is 0 Å². The van der Waals surface area contributed by atoms with Crippen LogP contribution >= 0.6 is 0 Å². The Morgan fingerprint density at radius 1 is 1.11 bits per heavy atom. The van der Waals surface area contributed by atoms with Crippen LogP contribution in [0, 0.1) is 6.92 Å². The first kappa shape index (κ1) is 14.4. The van der Waals surface area contributed by atoms with Crippen LogP contribution in [0.4, 0.5) is 5.69 Å². The van der Waals surface area contributed by atoms with E-state index in [9.17, 15) is 0 Å². The van der Waals surface area contributed by atoms with Crippen molar-refractivity contribution in [2.45, 2.75) is 59.0 Å². The molecule has 106 valence electrons. The third-order valence-corrected chi connectivity index (χ3v) is 3.86. The summed E-state index contributed by atoms with van der Waals surface area (Å²) in [6.45, 7) is 12.3. The number of benzene rings is 1. The summed E-state index contributed by atoms with van der Waals surface area (Å²) in [5.41, 5.74) is 4.39. The average molecular weight is 260 g/mol. The van der Waals surface area contributed by atoms with Gasteiger partial charge in [-0.25, -0.2) is 0 Å². The Balaban J connectivity index is 2.04. The van der Waals surface area contributed by atoms with E-state index in [-0.39, 0.29) is 5.54 Å². The minimum atomic E-state index is 0.179. The Hall–Kier alpha value is -1.02. The van der Waals surface area contributed by atoms with Crippen molar-refractivity contribution < 1.29 is 0 Å². The lowest BCUT2D eigenvalue weighted by molar-refractivity contribution is 0.424. The van der Waals surface area contributed by atoms with E-state index in [0.717, 1.165) is 6.54 Å². The number of nitrogens with one attached hydrogen (secondary N) is 1. The molecule has 1 fully saturated rings. The van der Waals surface area contributed by atoms with Crippen molar-refractivity contribution >= 4 is 5.69 Å². The van der Waals surface area contributed by atoms with Gasteiger partial charge in [0, 0.05) is 30.9 Å². The van der Waals surface area contributed by atoms with Gasteiger partial charge in [-0.2, -0.15) is 0 Å². The van der Waals surface area contributed by atoms with Crippen molar-refractivity contribution in [2.24, 2.45) is 0 Å². The molecule has 1 aromatic carbocycles. The number of nitrogens with zero attached hydrogens (tertiary/aromatic N) is 1. The van der Waals surface area contributed by atoms with Crippen LogP contribution in [-0.2, 0) is 6.54 Å². The van der Waals surface area contributed by atoms with Gasteiger partial charge in [-0.1, -0.05) is 6.07 Å². The molecule has 1 aliphatic heterocycles. The van der Waals surface area contributed by atoms with Gasteiger partial charge in [-0.05, 0) is 70.2 Å². The highest BCUT2D eigenvalue weighted by Gasteiger charge is 2.13. The van der Waals surface area contributed by atoms with Crippen LogP contribution < -0.4 is 10.2 Å². The van der Waals surface area contributed by atoms with Crippen LogP contribution in [0.3, 0.4) is 0 Å². The van der Waals surface area contributed by atoms with E-state index in [1.807, 2.05) is 0 Å². The molecule has 0 bridgehead atoms. The maximum absolute atomic E-state index is 3.56. The highest BCUT2D eigenvalue weighted by Crippen LogP contribution is 2.23. The molecule has 0 radical (unpaired) electrons. The fraction of sp³-hybridized carbons (Fsp3) is 0.647. The molecule has 0 saturated carbocycles. The highest BCUT2D eigenvalue weighted by molar-refractivity contribution is 5.51. The summed E-state index contributed by atoms with van der Waals surface area (Å²) in [6.07, 6.45) is 4.07. The van der Waals surface area contributed by atoms with E-state index < -0.39 is 0 Å². The topological polar surface area (TPSA) is 15.3 Å². The molecule has 0 amide bonds. The zero-order valence-corrected chi connectivity index (χ0v) is 12.9. The minimum absolute atomic E-state index is 0.179. The SMILES string of the molecule is Cc1cc(N2CCCCC2)ccc1CNC(C)(C)C. The monoisotopic (exact) mass is 260 g/mol. The maximum atomic E-state index is 3.56. The van der Waals surface area contributed by atoms with Crippen molar-refractivity contribution in [1.82, 2.24) is 5.32 Å². The first-order valence-electron chi connectivity index (χ1n) is 7.55. The summed E-state index contributed by atoms with van der Waals surface area (Å²) in [4.78, 5) is 2.53. The smallest absolute Gasteiger partial charge is 0.0369 e.